The molecule has 1 fully saturated rings. The molecule has 2 aromatic rings. The van der Waals surface area contributed by atoms with Gasteiger partial charge in [-0.2, -0.15) is 4.98 Å². The van der Waals surface area contributed by atoms with Crippen molar-refractivity contribution >= 4 is 11.3 Å². The summed E-state index contributed by atoms with van der Waals surface area (Å²) < 4.78 is 18.5. The molecule has 0 saturated heterocycles. The molecule has 1 saturated carbocycles. The lowest BCUT2D eigenvalue weighted by Crippen LogP contribution is -2.34. The van der Waals surface area contributed by atoms with Crippen LogP contribution in [0.15, 0.2) is 16.0 Å². The highest BCUT2D eigenvalue weighted by Gasteiger charge is 2.36. The summed E-state index contributed by atoms with van der Waals surface area (Å²) in [5.74, 6) is 0.393. The van der Waals surface area contributed by atoms with Gasteiger partial charge in [0.2, 0.25) is 0 Å². The molecule has 0 spiro atoms. The molecule has 3 rings (SSSR count). The minimum atomic E-state index is -0.491. The van der Waals surface area contributed by atoms with Crippen molar-refractivity contribution in [3.8, 4) is 10.8 Å². The fourth-order valence-corrected chi connectivity index (χ4v) is 2.88. The molecular formula is C11H12FN3OS. The van der Waals surface area contributed by atoms with Crippen molar-refractivity contribution in [3.05, 3.63) is 23.1 Å². The molecule has 0 aromatic carbocycles. The highest BCUT2D eigenvalue weighted by molar-refractivity contribution is 7.13. The number of hydrogen-bond donors (Lipinski definition) is 1. The van der Waals surface area contributed by atoms with Crippen LogP contribution in [-0.2, 0) is 5.54 Å². The van der Waals surface area contributed by atoms with Crippen LogP contribution in [0.3, 0.4) is 0 Å². The van der Waals surface area contributed by atoms with Gasteiger partial charge in [-0.25, -0.2) is 4.39 Å². The van der Waals surface area contributed by atoms with Crippen molar-refractivity contribution in [1.82, 2.24) is 10.1 Å². The zero-order valence-corrected chi connectivity index (χ0v) is 9.97. The third-order valence-corrected chi connectivity index (χ3v) is 4.06. The second-order valence-corrected chi connectivity index (χ2v) is 5.30. The van der Waals surface area contributed by atoms with Gasteiger partial charge in [0.15, 0.2) is 5.82 Å². The van der Waals surface area contributed by atoms with E-state index in [0.29, 0.717) is 10.7 Å². The van der Waals surface area contributed by atoms with Crippen LogP contribution in [-0.4, -0.2) is 10.1 Å². The van der Waals surface area contributed by atoms with Gasteiger partial charge in [0.05, 0.1) is 5.54 Å². The van der Waals surface area contributed by atoms with E-state index in [0.717, 1.165) is 25.7 Å². The fraction of sp³-hybridized carbons (Fsp3) is 0.455. The van der Waals surface area contributed by atoms with E-state index in [2.05, 4.69) is 10.1 Å². The monoisotopic (exact) mass is 253 g/mol. The van der Waals surface area contributed by atoms with Gasteiger partial charge in [0.25, 0.3) is 5.89 Å². The lowest BCUT2D eigenvalue weighted by Gasteiger charge is -2.17. The largest absolute Gasteiger partial charge is 0.333 e. The van der Waals surface area contributed by atoms with E-state index in [4.69, 9.17) is 10.3 Å². The highest BCUT2D eigenvalue weighted by Crippen LogP contribution is 2.36. The van der Waals surface area contributed by atoms with Gasteiger partial charge in [-0.15, -0.1) is 11.3 Å². The summed E-state index contributed by atoms with van der Waals surface area (Å²) in [6.07, 6.45) is 3.87. The van der Waals surface area contributed by atoms with Crippen LogP contribution >= 0.6 is 11.3 Å². The topological polar surface area (TPSA) is 64.9 Å². The number of nitrogens with zero attached hydrogens (tertiary/aromatic N) is 2. The molecule has 2 aromatic heterocycles. The minimum Gasteiger partial charge on any atom is -0.333 e. The average molecular weight is 253 g/mol. The van der Waals surface area contributed by atoms with Crippen LogP contribution in [0.2, 0.25) is 0 Å². The normalized spacial score (nSPS) is 18.7. The van der Waals surface area contributed by atoms with Crippen molar-refractivity contribution in [3.63, 3.8) is 0 Å². The predicted molar refractivity (Wildman–Crippen MR) is 61.9 cm³/mol. The third kappa shape index (κ3) is 1.77. The first kappa shape index (κ1) is 10.9. The number of thiophene rings is 1. The fourth-order valence-electron chi connectivity index (χ4n) is 2.19. The summed E-state index contributed by atoms with van der Waals surface area (Å²) in [6, 6.07) is 1.39. The van der Waals surface area contributed by atoms with Gasteiger partial charge >= 0.3 is 0 Å². The SMILES string of the molecule is NC1(c2noc(-c3sccc3F)n2)CCCC1. The number of hydrogen-bond acceptors (Lipinski definition) is 5. The zero-order valence-electron chi connectivity index (χ0n) is 9.15. The van der Waals surface area contributed by atoms with Gasteiger partial charge in [-0.3, -0.25) is 0 Å². The van der Waals surface area contributed by atoms with E-state index >= 15 is 0 Å². The molecule has 2 N–H and O–H groups in total. The Labute approximate surface area is 102 Å². The van der Waals surface area contributed by atoms with Gasteiger partial charge < -0.3 is 10.3 Å². The zero-order chi connectivity index (χ0) is 11.9. The maximum absolute atomic E-state index is 13.4. The highest BCUT2D eigenvalue weighted by atomic mass is 32.1. The van der Waals surface area contributed by atoms with Crippen molar-refractivity contribution in [1.29, 1.82) is 0 Å². The number of halogens is 1. The van der Waals surface area contributed by atoms with Crippen LogP contribution in [0.4, 0.5) is 4.39 Å². The van der Waals surface area contributed by atoms with E-state index in [-0.39, 0.29) is 11.7 Å². The van der Waals surface area contributed by atoms with Crippen molar-refractivity contribution in [2.24, 2.45) is 5.73 Å². The molecule has 0 aliphatic heterocycles. The number of rotatable bonds is 2. The first-order valence-corrected chi connectivity index (χ1v) is 6.43. The molecule has 2 heterocycles. The minimum absolute atomic E-state index is 0.226. The van der Waals surface area contributed by atoms with E-state index in [1.165, 1.54) is 17.4 Å². The Morgan fingerprint density at radius 2 is 2.18 bits per heavy atom. The van der Waals surface area contributed by atoms with Gasteiger partial charge in [0, 0.05) is 0 Å². The smallest absolute Gasteiger partial charge is 0.271 e. The van der Waals surface area contributed by atoms with Gasteiger partial charge in [-0.05, 0) is 24.3 Å². The second kappa shape index (κ2) is 3.89. The summed E-state index contributed by atoms with van der Waals surface area (Å²) in [5, 5.41) is 5.55. The Kier molecular flexibility index (Phi) is 2.48. The van der Waals surface area contributed by atoms with Crippen molar-refractivity contribution in [2.75, 3.05) is 0 Å². The Bertz CT molecular complexity index is 530. The van der Waals surface area contributed by atoms with Crippen LogP contribution < -0.4 is 5.73 Å². The summed E-state index contributed by atoms with van der Waals surface area (Å²) in [6.45, 7) is 0. The molecular weight excluding hydrogens is 241 g/mol. The van der Waals surface area contributed by atoms with Crippen LogP contribution in [0.25, 0.3) is 10.8 Å². The van der Waals surface area contributed by atoms with Crippen LogP contribution in [0.1, 0.15) is 31.5 Å². The number of aromatic nitrogens is 2. The molecule has 17 heavy (non-hydrogen) atoms. The van der Waals surface area contributed by atoms with Gasteiger partial charge in [0.1, 0.15) is 10.7 Å². The molecule has 0 radical (unpaired) electrons. The molecule has 0 atom stereocenters. The maximum atomic E-state index is 13.4. The van der Waals surface area contributed by atoms with Crippen molar-refractivity contribution in [2.45, 2.75) is 31.2 Å². The molecule has 90 valence electrons. The van der Waals surface area contributed by atoms with E-state index in [1.807, 2.05) is 0 Å². The molecule has 4 nitrogen and oxygen atoms in total. The van der Waals surface area contributed by atoms with Gasteiger partial charge in [-0.1, -0.05) is 18.0 Å². The molecule has 6 heteroatoms. The Balaban J connectivity index is 1.96. The lowest BCUT2D eigenvalue weighted by atomic mass is 9.99. The maximum Gasteiger partial charge on any atom is 0.271 e. The predicted octanol–water partition coefficient (Wildman–Crippen LogP) is 2.67. The standard InChI is InChI=1S/C11H12FN3OS/c12-7-3-6-17-8(7)9-14-10(15-16-9)11(13)4-1-2-5-11/h3,6H,1-2,4-5,13H2. The van der Waals surface area contributed by atoms with E-state index in [1.54, 1.807) is 5.38 Å². The Hall–Kier alpha value is -1.27. The molecule has 0 amide bonds. The first-order valence-electron chi connectivity index (χ1n) is 5.55. The van der Waals surface area contributed by atoms with Crippen LogP contribution in [0, 0.1) is 5.82 Å². The second-order valence-electron chi connectivity index (χ2n) is 4.38. The summed E-state index contributed by atoms with van der Waals surface area (Å²) in [5.41, 5.74) is 5.72. The van der Waals surface area contributed by atoms with E-state index in [9.17, 15) is 4.39 Å². The molecule has 1 aliphatic carbocycles. The Morgan fingerprint density at radius 1 is 1.41 bits per heavy atom. The quantitative estimate of drug-likeness (QED) is 0.893. The third-order valence-electron chi connectivity index (χ3n) is 3.18. The van der Waals surface area contributed by atoms with E-state index < -0.39 is 5.54 Å². The molecule has 0 unspecified atom stereocenters. The average Bonchev–Trinajstić information content (AvgIpc) is 2.97. The summed E-state index contributed by atoms with van der Waals surface area (Å²) in [4.78, 5) is 4.61. The molecule has 1 aliphatic rings. The van der Waals surface area contributed by atoms with Crippen molar-refractivity contribution < 1.29 is 8.91 Å². The lowest BCUT2D eigenvalue weighted by molar-refractivity contribution is 0.372. The van der Waals surface area contributed by atoms with Crippen LogP contribution in [0.5, 0.6) is 0 Å². The molecule has 0 bridgehead atoms. The summed E-state index contributed by atoms with van der Waals surface area (Å²) >= 11 is 1.25. The first-order chi connectivity index (χ1) is 8.19. The number of nitrogens with two attached hydrogens (primary N) is 1. The Morgan fingerprint density at radius 3 is 2.82 bits per heavy atom. The summed E-state index contributed by atoms with van der Waals surface area (Å²) in [7, 11) is 0.